The number of benzene rings is 1. The predicted octanol–water partition coefficient (Wildman–Crippen LogP) is 2.92. The lowest BCUT2D eigenvalue weighted by molar-refractivity contribution is 0.101. The van der Waals surface area contributed by atoms with E-state index in [1.54, 1.807) is 24.3 Å². The van der Waals surface area contributed by atoms with Gasteiger partial charge in [-0.15, -0.1) is 0 Å². The van der Waals surface area contributed by atoms with Crippen LogP contribution < -0.4 is 10.6 Å². The SMILES string of the molecule is C=C(Br)CNC(=O)Nc1cccc(C(C)=O)c1. The molecule has 0 spiro atoms. The van der Waals surface area contributed by atoms with Crippen LogP contribution in [0.5, 0.6) is 0 Å². The molecule has 90 valence electrons. The number of anilines is 1. The highest BCUT2D eigenvalue weighted by molar-refractivity contribution is 9.11. The number of halogens is 1. The van der Waals surface area contributed by atoms with E-state index >= 15 is 0 Å². The van der Waals surface area contributed by atoms with E-state index in [-0.39, 0.29) is 11.8 Å². The van der Waals surface area contributed by atoms with E-state index in [1.165, 1.54) is 6.92 Å². The highest BCUT2D eigenvalue weighted by Crippen LogP contribution is 2.11. The van der Waals surface area contributed by atoms with Crippen LogP contribution in [0.25, 0.3) is 0 Å². The van der Waals surface area contributed by atoms with Crippen LogP contribution in [0.2, 0.25) is 0 Å². The van der Waals surface area contributed by atoms with Crippen LogP contribution in [0.3, 0.4) is 0 Å². The Morgan fingerprint density at radius 3 is 2.71 bits per heavy atom. The molecule has 4 nitrogen and oxygen atoms in total. The lowest BCUT2D eigenvalue weighted by Gasteiger charge is -2.07. The van der Waals surface area contributed by atoms with E-state index in [0.29, 0.717) is 22.3 Å². The van der Waals surface area contributed by atoms with Gasteiger partial charge in [0, 0.05) is 15.7 Å². The number of ketones is 1. The van der Waals surface area contributed by atoms with Gasteiger partial charge in [-0.05, 0) is 19.1 Å². The minimum absolute atomic E-state index is 0.0390. The van der Waals surface area contributed by atoms with Gasteiger partial charge in [0.2, 0.25) is 0 Å². The molecular weight excluding hydrogens is 284 g/mol. The second-order valence-corrected chi connectivity index (χ2v) is 4.58. The van der Waals surface area contributed by atoms with Crippen molar-refractivity contribution in [1.82, 2.24) is 5.32 Å². The summed E-state index contributed by atoms with van der Waals surface area (Å²) in [7, 11) is 0. The van der Waals surface area contributed by atoms with E-state index < -0.39 is 0 Å². The number of hydrogen-bond acceptors (Lipinski definition) is 2. The van der Waals surface area contributed by atoms with Crippen molar-refractivity contribution in [2.45, 2.75) is 6.92 Å². The molecule has 1 aromatic rings. The van der Waals surface area contributed by atoms with Gasteiger partial charge in [-0.1, -0.05) is 34.6 Å². The van der Waals surface area contributed by atoms with Gasteiger partial charge in [0.05, 0.1) is 6.54 Å². The molecule has 2 amide bonds. The molecule has 17 heavy (non-hydrogen) atoms. The molecule has 0 fully saturated rings. The zero-order valence-corrected chi connectivity index (χ0v) is 11.0. The van der Waals surface area contributed by atoms with Crippen molar-refractivity contribution in [2.75, 3.05) is 11.9 Å². The molecule has 2 N–H and O–H groups in total. The molecule has 0 unspecified atom stereocenters. The second kappa shape index (κ2) is 6.20. The summed E-state index contributed by atoms with van der Waals surface area (Å²) in [5.74, 6) is -0.0390. The summed E-state index contributed by atoms with van der Waals surface area (Å²) >= 11 is 3.14. The predicted molar refractivity (Wildman–Crippen MR) is 71.5 cm³/mol. The van der Waals surface area contributed by atoms with Gasteiger partial charge in [0.15, 0.2) is 5.78 Å². The Labute approximate surface area is 108 Å². The Kier molecular flexibility index (Phi) is 4.90. The summed E-state index contributed by atoms with van der Waals surface area (Å²) in [6.45, 7) is 5.43. The fourth-order valence-electron chi connectivity index (χ4n) is 1.17. The Bertz CT molecular complexity index is 458. The summed E-state index contributed by atoms with van der Waals surface area (Å²) in [4.78, 5) is 22.6. The maximum absolute atomic E-state index is 11.4. The smallest absolute Gasteiger partial charge is 0.319 e. The van der Waals surface area contributed by atoms with Gasteiger partial charge in [-0.2, -0.15) is 0 Å². The topological polar surface area (TPSA) is 58.2 Å². The number of amides is 2. The van der Waals surface area contributed by atoms with Crippen molar-refractivity contribution in [3.8, 4) is 0 Å². The van der Waals surface area contributed by atoms with Crippen LogP contribution in [-0.2, 0) is 0 Å². The van der Waals surface area contributed by atoms with Crippen molar-refractivity contribution in [2.24, 2.45) is 0 Å². The molecule has 0 aliphatic heterocycles. The van der Waals surface area contributed by atoms with E-state index in [9.17, 15) is 9.59 Å². The molecule has 0 aliphatic carbocycles. The van der Waals surface area contributed by atoms with Crippen LogP contribution >= 0.6 is 15.9 Å². The summed E-state index contributed by atoms with van der Waals surface area (Å²) in [6, 6.07) is 6.42. The Morgan fingerprint density at radius 2 is 2.12 bits per heavy atom. The summed E-state index contributed by atoms with van der Waals surface area (Å²) in [6.07, 6.45) is 0. The van der Waals surface area contributed by atoms with Gasteiger partial charge >= 0.3 is 6.03 Å². The number of carbonyl (C=O) groups excluding carboxylic acids is 2. The first kappa shape index (κ1) is 13.4. The summed E-state index contributed by atoms with van der Waals surface area (Å²) < 4.78 is 0.685. The van der Waals surface area contributed by atoms with Crippen LogP contribution in [0.4, 0.5) is 10.5 Å². The molecule has 0 aromatic heterocycles. The van der Waals surface area contributed by atoms with Gasteiger partial charge in [0.25, 0.3) is 0 Å². The van der Waals surface area contributed by atoms with E-state index in [0.717, 1.165) is 0 Å². The molecule has 0 saturated carbocycles. The molecule has 0 bridgehead atoms. The van der Waals surface area contributed by atoms with E-state index in [2.05, 4.69) is 33.1 Å². The van der Waals surface area contributed by atoms with Crippen LogP contribution in [0, 0.1) is 0 Å². The van der Waals surface area contributed by atoms with Gasteiger partial charge < -0.3 is 10.6 Å². The number of carbonyl (C=O) groups is 2. The molecule has 0 radical (unpaired) electrons. The zero-order valence-electron chi connectivity index (χ0n) is 9.42. The maximum atomic E-state index is 11.4. The van der Waals surface area contributed by atoms with Crippen molar-refractivity contribution >= 4 is 33.4 Å². The average molecular weight is 297 g/mol. The molecule has 5 heteroatoms. The minimum Gasteiger partial charge on any atom is -0.333 e. The third kappa shape index (κ3) is 4.82. The van der Waals surface area contributed by atoms with Gasteiger partial charge in [0.1, 0.15) is 0 Å². The highest BCUT2D eigenvalue weighted by atomic mass is 79.9. The summed E-state index contributed by atoms with van der Waals surface area (Å²) in [5, 5.41) is 5.23. The third-order valence-corrected chi connectivity index (χ3v) is 2.25. The second-order valence-electron chi connectivity index (χ2n) is 3.46. The molecule has 0 aliphatic rings. The van der Waals surface area contributed by atoms with E-state index in [1.807, 2.05) is 0 Å². The first-order valence-electron chi connectivity index (χ1n) is 4.98. The normalized spacial score (nSPS) is 9.53. The maximum Gasteiger partial charge on any atom is 0.319 e. The Hall–Kier alpha value is -1.62. The van der Waals surface area contributed by atoms with Crippen molar-refractivity contribution in [1.29, 1.82) is 0 Å². The fourth-order valence-corrected chi connectivity index (χ4v) is 1.31. The summed E-state index contributed by atoms with van der Waals surface area (Å²) in [5.41, 5.74) is 1.14. The standard InChI is InChI=1S/C12H13BrN2O2/c1-8(13)7-14-12(17)15-11-5-3-4-10(6-11)9(2)16/h3-6H,1,7H2,2H3,(H2,14,15,17). The number of Topliss-reactive ketones (excluding diaryl/α,β-unsaturated/α-hetero) is 1. The first-order valence-corrected chi connectivity index (χ1v) is 5.77. The fraction of sp³-hybridized carbons (Fsp3) is 0.167. The quantitative estimate of drug-likeness (QED) is 0.839. The van der Waals surface area contributed by atoms with Gasteiger partial charge in [-0.3, -0.25) is 4.79 Å². The van der Waals surface area contributed by atoms with Crippen molar-refractivity contribution in [3.63, 3.8) is 0 Å². The van der Waals surface area contributed by atoms with Crippen LogP contribution in [0.15, 0.2) is 35.3 Å². The average Bonchev–Trinajstić information content (AvgIpc) is 2.26. The molecule has 1 rings (SSSR count). The first-order chi connectivity index (χ1) is 7.99. The van der Waals surface area contributed by atoms with Crippen molar-refractivity contribution in [3.05, 3.63) is 40.9 Å². The third-order valence-electron chi connectivity index (χ3n) is 1.97. The van der Waals surface area contributed by atoms with Crippen molar-refractivity contribution < 1.29 is 9.59 Å². The van der Waals surface area contributed by atoms with Crippen LogP contribution in [0.1, 0.15) is 17.3 Å². The number of urea groups is 1. The molecular formula is C12H13BrN2O2. The number of nitrogens with one attached hydrogen (secondary N) is 2. The minimum atomic E-state index is -0.341. The lowest BCUT2D eigenvalue weighted by atomic mass is 10.1. The van der Waals surface area contributed by atoms with E-state index in [4.69, 9.17) is 0 Å². The number of rotatable bonds is 4. The Morgan fingerprint density at radius 1 is 1.41 bits per heavy atom. The molecule has 0 heterocycles. The van der Waals surface area contributed by atoms with Crippen LogP contribution in [-0.4, -0.2) is 18.4 Å². The lowest BCUT2D eigenvalue weighted by Crippen LogP contribution is -2.29. The zero-order chi connectivity index (χ0) is 12.8. The highest BCUT2D eigenvalue weighted by Gasteiger charge is 2.04. The molecule has 0 saturated heterocycles. The van der Waals surface area contributed by atoms with Gasteiger partial charge in [-0.25, -0.2) is 4.79 Å². The largest absolute Gasteiger partial charge is 0.333 e. The monoisotopic (exact) mass is 296 g/mol. The Balaban J connectivity index is 2.62. The molecule has 1 aromatic carbocycles. The number of hydrogen-bond donors (Lipinski definition) is 2. The molecule has 0 atom stereocenters.